The molecule has 0 radical (unpaired) electrons. The van der Waals surface area contributed by atoms with Gasteiger partial charge in [0, 0.05) is 80.6 Å². The smallest absolute Gasteiger partial charge is 0.165 e. The van der Waals surface area contributed by atoms with Crippen molar-refractivity contribution >= 4 is 97.1 Å². The first-order chi connectivity index (χ1) is 31.7. The van der Waals surface area contributed by atoms with Crippen LogP contribution in [0, 0.1) is 0 Å². The first kappa shape index (κ1) is 35.2. The number of thiophene rings is 1. The van der Waals surface area contributed by atoms with Crippen LogP contribution < -0.4 is 0 Å². The van der Waals surface area contributed by atoms with Crippen LogP contribution >= 0.6 is 11.3 Å². The Kier molecular flexibility index (Phi) is 7.46. The Balaban J connectivity index is 1.17. The van der Waals surface area contributed by atoms with Gasteiger partial charge in [-0.25, -0.2) is 15.0 Å². The summed E-state index contributed by atoms with van der Waals surface area (Å²) in [5, 5.41) is 9.13. The molecule has 5 heterocycles. The summed E-state index contributed by atoms with van der Waals surface area (Å²) < 4.78 is 13.9. The first-order valence-corrected chi connectivity index (χ1v) is 22.3. The molecule has 0 aliphatic heterocycles. The zero-order valence-electron chi connectivity index (χ0n) is 34.1. The molecule has 5 aromatic heterocycles. The average Bonchev–Trinajstić information content (AvgIpc) is 4.12. The molecule has 0 N–H and O–H groups in total. The Hall–Kier alpha value is -8.39. The maximum atomic E-state index is 6.81. The lowest BCUT2D eigenvalue weighted by molar-refractivity contribution is 0.673. The van der Waals surface area contributed by atoms with Gasteiger partial charge in [-0.1, -0.05) is 146 Å². The molecule has 0 atom stereocenters. The van der Waals surface area contributed by atoms with E-state index in [2.05, 4.69) is 167 Å². The van der Waals surface area contributed by atoms with Crippen molar-refractivity contribution in [3.63, 3.8) is 0 Å². The molecular formula is C57H33N5OS. The van der Waals surface area contributed by atoms with Gasteiger partial charge in [-0.05, 0) is 54.6 Å². The summed E-state index contributed by atoms with van der Waals surface area (Å²) in [5.74, 6) is 1.85. The van der Waals surface area contributed by atoms with Crippen molar-refractivity contribution in [1.82, 2.24) is 24.1 Å². The number of fused-ring (bicyclic) bond motifs is 14. The molecule has 9 aromatic carbocycles. The highest BCUT2D eigenvalue weighted by Crippen LogP contribution is 2.48. The average molecular weight is 836 g/mol. The standard InChI is InChI=1S/C57H33N5OS/c1-4-16-34(17-5-1)55-58-56(35-18-6-2-7-19-35)60-57(59-55)45-33-37(32-44-50-49(64-54(44)45)31-30-43-40-24-12-15-27-48(40)63-53(43)50)62-47-26-14-11-23-39(47)42-29-28-41-38-22-10-13-25-46(38)61(51(41)52(42)62)36-20-8-3-9-21-36/h1-33H. The maximum absolute atomic E-state index is 6.81. The highest BCUT2D eigenvalue weighted by molar-refractivity contribution is 7.26. The number of benzene rings is 9. The van der Waals surface area contributed by atoms with Gasteiger partial charge in [-0.2, -0.15) is 0 Å². The Bertz CT molecular complexity index is 4130. The fourth-order valence-corrected chi connectivity index (χ4v) is 11.2. The molecule has 0 saturated heterocycles. The Morgan fingerprint density at radius 3 is 1.55 bits per heavy atom. The quantitative estimate of drug-likeness (QED) is 0.173. The normalized spacial score (nSPS) is 12.1. The van der Waals surface area contributed by atoms with Crippen LogP contribution in [0.3, 0.4) is 0 Å². The summed E-state index contributed by atoms with van der Waals surface area (Å²) in [7, 11) is 0. The largest absolute Gasteiger partial charge is 0.455 e. The summed E-state index contributed by atoms with van der Waals surface area (Å²) in [6.45, 7) is 0. The second kappa shape index (κ2) is 13.6. The molecular weight excluding hydrogens is 803 g/mol. The molecule has 0 aliphatic carbocycles. The molecule has 0 unspecified atom stereocenters. The van der Waals surface area contributed by atoms with Gasteiger partial charge in [0.25, 0.3) is 0 Å². The maximum Gasteiger partial charge on any atom is 0.165 e. The lowest BCUT2D eigenvalue weighted by atomic mass is 10.0. The van der Waals surface area contributed by atoms with Crippen LogP contribution in [-0.4, -0.2) is 24.1 Å². The fraction of sp³-hybridized carbons (Fsp3) is 0. The molecule has 64 heavy (non-hydrogen) atoms. The fourth-order valence-electron chi connectivity index (χ4n) is 9.97. The third-order valence-corrected chi connectivity index (χ3v) is 13.9. The predicted molar refractivity (Wildman–Crippen MR) is 265 cm³/mol. The van der Waals surface area contributed by atoms with Crippen molar-refractivity contribution < 1.29 is 4.42 Å². The lowest BCUT2D eigenvalue weighted by Gasteiger charge is -2.15. The summed E-state index contributed by atoms with van der Waals surface area (Å²) in [6.07, 6.45) is 0. The number of nitrogens with zero attached hydrogens (tertiary/aromatic N) is 5. The zero-order chi connectivity index (χ0) is 41.9. The van der Waals surface area contributed by atoms with Crippen molar-refractivity contribution in [3.8, 4) is 45.5 Å². The van der Waals surface area contributed by atoms with E-state index in [1.165, 1.54) is 21.5 Å². The molecule has 0 fully saturated rings. The van der Waals surface area contributed by atoms with Crippen molar-refractivity contribution in [2.45, 2.75) is 0 Å². The SMILES string of the molecule is c1ccc(-c2nc(-c3ccccc3)nc(-c3cc(-n4c5ccccc5c5ccc6c7ccccc7n(-c7ccccc7)c6c54)cc4c3sc3ccc5c6ccccc6oc5c34)n2)cc1. The van der Waals surface area contributed by atoms with E-state index in [1.54, 1.807) is 11.3 Å². The number of furan rings is 1. The first-order valence-electron chi connectivity index (χ1n) is 21.4. The number of hydrogen-bond donors (Lipinski definition) is 0. The molecule has 14 rings (SSSR count). The minimum Gasteiger partial charge on any atom is -0.455 e. The van der Waals surface area contributed by atoms with Crippen LogP contribution in [0.4, 0.5) is 0 Å². The third-order valence-electron chi connectivity index (χ3n) is 12.7. The van der Waals surface area contributed by atoms with Crippen molar-refractivity contribution in [1.29, 1.82) is 0 Å². The third kappa shape index (κ3) is 5.10. The summed E-state index contributed by atoms with van der Waals surface area (Å²) in [5.41, 5.74) is 11.2. The van der Waals surface area contributed by atoms with E-state index >= 15 is 0 Å². The number of hydrogen-bond acceptors (Lipinski definition) is 5. The van der Waals surface area contributed by atoms with Crippen molar-refractivity contribution in [3.05, 3.63) is 200 Å². The van der Waals surface area contributed by atoms with Crippen LogP contribution in [0.1, 0.15) is 0 Å². The minimum absolute atomic E-state index is 0.608. The van der Waals surface area contributed by atoms with Crippen LogP contribution in [-0.2, 0) is 0 Å². The van der Waals surface area contributed by atoms with Crippen molar-refractivity contribution in [2.75, 3.05) is 0 Å². The van der Waals surface area contributed by atoms with Gasteiger partial charge in [0.1, 0.15) is 11.2 Å². The van der Waals surface area contributed by atoms with Gasteiger partial charge in [0.2, 0.25) is 0 Å². The summed E-state index contributed by atoms with van der Waals surface area (Å²) >= 11 is 1.76. The molecule has 7 heteroatoms. The minimum atomic E-state index is 0.608. The number of para-hydroxylation sites is 4. The van der Waals surface area contributed by atoms with E-state index in [1.807, 2.05) is 42.5 Å². The number of rotatable bonds is 5. The van der Waals surface area contributed by atoms with E-state index in [-0.39, 0.29) is 0 Å². The van der Waals surface area contributed by atoms with Gasteiger partial charge in [-0.15, -0.1) is 11.3 Å². The van der Waals surface area contributed by atoms with Crippen LogP contribution in [0.25, 0.3) is 131 Å². The van der Waals surface area contributed by atoms with Crippen molar-refractivity contribution in [2.24, 2.45) is 0 Å². The summed E-state index contributed by atoms with van der Waals surface area (Å²) in [4.78, 5) is 15.8. The van der Waals surface area contributed by atoms with Gasteiger partial charge < -0.3 is 13.6 Å². The molecule has 0 spiro atoms. The van der Waals surface area contributed by atoms with Gasteiger partial charge in [-0.3, -0.25) is 0 Å². The summed E-state index contributed by atoms with van der Waals surface area (Å²) in [6, 6.07) is 70.7. The Morgan fingerprint density at radius 1 is 0.391 bits per heavy atom. The van der Waals surface area contributed by atoms with E-state index in [0.717, 1.165) is 92.2 Å². The second-order valence-electron chi connectivity index (χ2n) is 16.3. The van der Waals surface area contributed by atoms with Crippen LogP contribution in [0.15, 0.2) is 205 Å². The van der Waals surface area contributed by atoms with Gasteiger partial charge >= 0.3 is 0 Å². The lowest BCUT2D eigenvalue weighted by Crippen LogP contribution is -2.02. The van der Waals surface area contributed by atoms with E-state index in [0.29, 0.717) is 17.5 Å². The molecule has 6 nitrogen and oxygen atoms in total. The monoisotopic (exact) mass is 835 g/mol. The predicted octanol–water partition coefficient (Wildman–Crippen LogP) is 15.3. The second-order valence-corrected chi connectivity index (χ2v) is 17.4. The van der Waals surface area contributed by atoms with Gasteiger partial charge in [0.15, 0.2) is 17.5 Å². The molecule has 0 amide bonds. The zero-order valence-corrected chi connectivity index (χ0v) is 34.9. The molecule has 0 bridgehead atoms. The molecule has 14 aromatic rings. The Morgan fingerprint density at radius 2 is 0.906 bits per heavy atom. The van der Waals surface area contributed by atoms with E-state index in [4.69, 9.17) is 19.4 Å². The topological polar surface area (TPSA) is 61.7 Å². The highest BCUT2D eigenvalue weighted by atomic mass is 32.1. The molecule has 0 saturated carbocycles. The van der Waals surface area contributed by atoms with Gasteiger partial charge in [0.05, 0.1) is 22.1 Å². The molecule has 0 aliphatic rings. The van der Waals surface area contributed by atoms with Crippen LogP contribution in [0.5, 0.6) is 0 Å². The molecule has 298 valence electrons. The highest BCUT2D eigenvalue weighted by Gasteiger charge is 2.25. The van der Waals surface area contributed by atoms with E-state index in [9.17, 15) is 0 Å². The number of aromatic nitrogens is 5. The van der Waals surface area contributed by atoms with Crippen LogP contribution in [0.2, 0.25) is 0 Å². The Labute approximate surface area is 369 Å². The van der Waals surface area contributed by atoms with E-state index < -0.39 is 0 Å².